The second kappa shape index (κ2) is 6.24. The van der Waals surface area contributed by atoms with Crippen molar-refractivity contribution in [2.24, 2.45) is 0 Å². The maximum atomic E-state index is 8.61. The molecule has 1 aromatic heterocycles. The average molecular weight is 210 g/mol. The molecule has 0 saturated heterocycles. The van der Waals surface area contributed by atoms with Gasteiger partial charge in [0.05, 0.1) is 6.61 Å². The third-order valence-corrected chi connectivity index (χ3v) is 1.74. The van der Waals surface area contributed by atoms with Gasteiger partial charge in [0.2, 0.25) is 0 Å². The third-order valence-electron chi connectivity index (χ3n) is 1.74. The minimum absolute atomic E-state index is 0.155. The Morgan fingerprint density at radius 1 is 1.53 bits per heavy atom. The van der Waals surface area contributed by atoms with Gasteiger partial charge in [-0.15, -0.1) is 0 Å². The number of aliphatic hydroxyl groups excluding tert-OH is 1. The van der Waals surface area contributed by atoms with Gasteiger partial charge in [-0.2, -0.15) is 0 Å². The molecule has 0 aliphatic rings. The Kier molecular flexibility index (Phi) is 4.90. The number of anilines is 1. The SMILES string of the molecule is CC(C)Nc1cc(OCCCO)ccn1. The predicted octanol–water partition coefficient (Wildman–Crippen LogP) is 1.66. The lowest BCUT2D eigenvalue weighted by molar-refractivity contribution is 0.233. The van der Waals surface area contributed by atoms with Crippen molar-refractivity contribution in [2.75, 3.05) is 18.5 Å². The standard InChI is InChI=1S/C11H18N2O2/c1-9(2)13-11-8-10(4-5-12-11)15-7-3-6-14/h4-5,8-9,14H,3,6-7H2,1-2H3,(H,12,13). The first-order valence-corrected chi connectivity index (χ1v) is 5.18. The van der Waals surface area contributed by atoms with Crippen LogP contribution in [0.1, 0.15) is 20.3 Å². The van der Waals surface area contributed by atoms with Crippen molar-refractivity contribution in [1.82, 2.24) is 4.98 Å². The Morgan fingerprint density at radius 3 is 3.00 bits per heavy atom. The topological polar surface area (TPSA) is 54.4 Å². The number of hydrogen-bond acceptors (Lipinski definition) is 4. The summed E-state index contributed by atoms with van der Waals surface area (Å²) in [5.74, 6) is 1.59. The van der Waals surface area contributed by atoms with E-state index in [4.69, 9.17) is 9.84 Å². The zero-order chi connectivity index (χ0) is 11.1. The summed E-state index contributed by atoms with van der Waals surface area (Å²) in [7, 11) is 0. The monoisotopic (exact) mass is 210 g/mol. The highest BCUT2D eigenvalue weighted by atomic mass is 16.5. The van der Waals surface area contributed by atoms with Gasteiger partial charge in [-0.3, -0.25) is 0 Å². The Labute approximate surface area is 90.3 Å². The van der Waals surface area contributed by atoms with Crippen LogP contribution in [0, 0.1) is 0 Å². The van der Waals surface area contributed by atoms with Crippen LogP contribution in [0.15, 0.2) is 18.3 Å². The Morgan fingerprint density at radius 2 is 2.33 bits per heavy atom. The van der Waals surface area contributed by atoms with Crippen LogP contribution in [0.2, 0.25) is 0 Å². The number of pyridine rings is 1. The molecule has 2 N–H and O–H groups in total. The van der Waals surface area contributed by atoms with Gasteiger partial charge in [0.15, 0.2) is 0 Å². The van der Waals surface area contributed by atoms with Crippen LogP contribution >= 0.6 is 0 Å². The van der Waals surface area contributed by atoms with Crippen molar-refractivity contribution in [3.8, 4) is 5.75 Å². The normalized spacial score (nSPS) is 10.4. The highest BCUT2D eigenvalue weighted by Gasteiger charge is 1.99. The Balaban J connectivity index is 2.50. The fourth-order valence-corrected chi connectivity index (χ4v) is 1.13. The second-order valence-corrected chi connectivity index (χ2v) is 3.60. The lowest BCUT2D eigenvalue weighted by Crippen LogP contribution is -2.11. The van der Waals surface area contributed by atoms with E-state index in [-0.39, 0.29) is 6.61 Å². The van der Waals surface area contributed by atoms with Gasteiger partial charge < -0.3 is 15.2 Å². The van der Waals surface area contributed by atoms with Crippen molar-refractivity contribution in [3.63, 3.8) is 0 Å². The smallest absolute Gasteiger partial charge is 0.129 e. The molecule has 0 spiro atoms. The molecule has 4 nitrogen and oxygen atoms in total. The van der Waals surface area contributed by atoms with Crippen molar-refractivity contribution < 1.29 is 9.84 Å². The van der Waals surface area contributed by atoms with Gasteiger partial charge in [-0.1, -0.05) is 0 Å². The minimum atomic E-state index is 0.155. The summed E-state index contributed by atoms with van der Waals surface area (Å²) in [5, 5.41) is 11.8. The van der Waals surface area contributed by atoms with Gasteiger partial charge in [0.25, 0.3) is 0 Å². The fraction of sp³-hybridized carbons (Fsp3) is 0.545. The molecule has 0 atom stereocenters. The molecule has 0 aromatic carbocycles. The van der Waals surface area contributed by atoms with Crippen LogP contribution in [0.5, 0.6) is 5.75 Å². The summed E-state index contributed by atoms with van der Waals surface area (Å²) in [6.45, 7) is 4.80. The lowest BCUT2D eigenvalue weighted by Gasteiger charge is -2.10. The number of rotatable bonds is 6. The number of aliphatic hydroxyl groups is 1. The van der Waals surface area contributed by atoms with Crippen LogP contribution in [-0.2, 0) is 0 Å². The molecular formula is C11H18N2O2. The van der Waals surface area contributed by atoms with Crippen molar-refractivity contribution in [1.29, 1.82) is 0 Å². The first-order valence-electron chi connectivity index (χ1n) is 5.18. The molecule has 0 aliphatic heterocycles. The van der Waals surface area contributed by atoms with Crippen molar-refractivity contribution in [3.05, 3.63) is 18.3 Å². The van der Waals surface area contributed by atoms with E-state index in [0.29, 0.717) is 19.1 Å². The van der Waals surface area contributed by atoms with Crippen LogP contribution < -0.4 is 10.1 Å². The highest BCUT2D eigenvalue weighted by Crippen LogP contribution is 2.15. The summed E-state index contributed by atoms with van der Waals surface area (Å²) in [5.41, 5.74) is 0. The van der Waals surface area contributed by atoms with Gasteiger partial charge >= 0.3 is 0 Å². The first kappa shape index (κ1) is 11.8. The van der Waals surface area contributed by atoms with Crippen LogP contribution in [-0.4, -0.2) is 29.3 Å². The van der Waals surface area contributed by atoms with E-state index in [9.17, 15) is 0 Å². The molecule has 0 aliphatic carbocycles. The minimum Gasteiger partial charge on any atom is -0.493 e. The summed E-state index contributed by atoms with van der Waals surface area (Å²) >= 11 is 0. The van der Waals surface area contributed by atoms with E-state index >= 15 is 0 Å². The van der Waals surface area contributed by atoms with Gasteiger partial charge in [0, 0.05) is 31.3 Å². The van der Waals surface area contributed by atoms with Crippen molar-refractivity contribution >= 4 is 5.82 Å². The molecule has 0 fully saturated rings. The molecule has 0 bridgehead atoms. The molecule has 0 unspecified atom stereocenters. The van der Waals surface area contributed by atoms with Crippen LogP contribution in [0.3, 0.4) is 0 Å². The summed E-state index contributed by atoms with van der Waals surface area (Å²) in [4.78, 5) is 4.17. The van der Waals surface area contributed by atoms with E-state index < -0.39 is 0 Å². The molecule has 15 heavy (non-hydrogen) atoms. The molecule has 1 heterocycles. The lowest BCUT2D eigenvalue weighted by atomic mass is 10.3. The zero-order valence-corrected chi connectivity index (χ0v) is 9.23. The molecule has 1 aromatic rings. The number of hydrogen-bond donors (Lipinski definition) is 2. The summed E-state index contributed by atoms with van der Waals surface area (Å²) in [6.07, 6.45) is 2.36. The fourth-order valence-electron chi connectivity index (χ4n) is 1.13. The number of aromatic nitrogens is 1. The molecule has 0 radical (unpaired) electrons. The molecule has 0 amide bonds. The number of ether oxygens (including phenoxy) is 1. The van der Waals surface area contributed by atoms with Gasteiger partial charge in [-0.25, -0.2) is 4.98 Å². The number of nitrogens with one attached hydrogen (secondary N) is 1. The van der Waals surface area contributed by atoms with Gasteiger partial charge in [0.1, 0.15) is 11.6 Å². The third kappa shape index (κ3) is 4.65. The van der Waals surface area contributed by atoms with Crippen LogP contribution in [0.25, 0.3) is 0 Å². The summed E-state index contributed by atoms with van der Waals surface area (Å²) < 4.78 is 5.43. The predicted molar refractivity (Wildman–Crippen MR) is 60.2 cm³/mol. The number of nitrogens with zero attached hydrogens (tertiary/aromatic N) is 1. The molecule has 84 valence electrons. The molecule has 4 heteroatoms. The van der Waals surface area contributed by atoms with E-state index in [2.05, 4.69) is 24.1 Å². The highest BCUT2D eigenvalue weighted by molar-refractivity contribution is 5.41. The first-order chi connectivity index (χ1) is 7.22. The largest absolute Gasteiger partial charge is 0.493 e. The second-order valence-electron chi connectivity index (χ2n) is 3.60. The maximum absolute atomic E-state index is 8.61. The summed E-state index contributed by atoms with van der Waals surface area (Å²) in [6, 6.07) is 4.02. The zero-order valence-electron chi connectivity index (χ0n) is 9.23. The van der Waals surface area contributed by atoms with E-state index in [1.165, 1.54) is 0 Å². The quantitative estimate of drug-likeness (QED) is 0.701. The maximum Gasteiger partial charge on any atom is 0.129 e. The van der Waals surface area contributed by atoms with E-state index in [0.717, 1.165) is 11.6 Å². The van der Waals surface area contributed by atoms with Crippen molar-refractivity contribution in [2.45, 2.75) is 26.3 Å². The molecule has 1 rings (SSSR count). The molecular weight excluding hydrogens is 192 g/mol. The van der Waals surface area contributed by atoms with Crippen LogP contribution in [0.4, 0.5) is 5.82 Å². The van der Waals surface area contributed by atoms with E-state index in [1.807, 2.05) is 12.1 Å². The Bertz CT molecular complexity index is 290. The van der Waals surface area contributed by atoms with Gasteiger partial charge in [-0.05, 0) is 19.9 Å². The average Bonchev–Trinajstić information content (AvgIpc) is 2.18. The van der Waals surface area contributed by atoms with E-state index in [1.54, 1.807) is 6.20 Å². The molecule has 0 saturated carbocycles. The Hall–Kier alpha value is -1.29.